The molecule has 3 aromatic rings. The topological polar surface area (TPSA) is 75.1 Å². The molecule has 5 heteroatoms. The van der Waals surface area contributed by atoms with Gasteiger partial charge in [0.15, 0.2) is 0 Å². The molecule has 4 atom stereocenters. The number of pyridine rings is 2. The van der Waals surface area contributed by atoms with Crippen molar-refractivity contribution in [2.24, 2.45) is 11.8 Å². The Labute approximate surface area is 183 Å². The summed E-state index contributed by atoms with van der Waals surface area (Å²) in [5.74, 6) is 0.499. The van der Waals surface area contributed by atoms with Gasteiger partial charge in [-0.25, -0.2) is 0 Å². The van der Waals surface area contributed by atoms with Crippen molar-refractivity contribution in [3.63, 3.8) is 0 Å². The van der Waals surface area contributed by atoms with Gasteiger partial charge in [0.1, 0.15) is 0 Å². The predicted molar refractivity (Wildman–Crippen MR) is 121 cm³/mol. The molecule has 0 radical (unpaired) electrons. The lowest BCUT2D eigenvalue weighted by molar-refractivity contribution is -0.117. The smallest absolute Gasteiger partial charge is 0.233 e. The molecule has 160 valence electrons. The number of benzene rings is 1. The lowest BCUT2D eigenvalue weighted by atomic mass is 9.92. The van der Waals surface area contributed by atoms with Crippen molar-refractivity contribution in [1.29, 1.82) is 0 Å². The molecule has 1 saturated carbocycles. The second-order valence-electron chi connectivity index (χ2n) is 8.54. The van der Waals surface area contributed by atoms with Crippen molar-refractivity contribution in [3.05, 3.63) is 90.0 Å². The zero-order chi connectivity index (χ0) is 21.6. The third-order valence-corrected chi connectivity index (χ3v) is 6.32. The van der Waals surface area contributed by atoms with Crippen LogP contribution >= 0.6 is 0 Å². The minimum absolute atomic E-state index is 0.0607. The van der Waals surface area contributed by atoms with E-state index in [9.17, 15) is 9.90 Å². The van der Waals surface area contributed by atoms with E-state index in [1.165, 1.54) is 5.56 Å². The van der Waals surface area contributed by atoms with E-state index >= 15 is 0 Å². The Kier molecular flexibility index (Phi) is 6.73. The number of carbonyl (C=O) groups is 1. The SMILES string of the molecule is C[C@H](C(=O)Nc1ccc(C[C@@H]2CC[C@H]([C@H](O)c3cccnc3)C2)cc1)c1ccccn1. The maximum atomic E-state index is 12.5. The van der Waals surface area contributed by atoms with Crippen LogP contribution in [0.2, 0.25) is 0 Å². The highest BCUT2D eigenvalue weighted by molar-refractivity contribution is 5.95. The van der Waals surface area contributed by atoms with Crippen LogP contribution in [0.5, 0.6) is 0 Å². The Morgan fingerprint density at radius 3 is 2.65 bits per heavy atom. The number of rotatable bonds is 7. The first-order chi connectivity index (χ1) is 15.1. The van der Waals surface area contributed by atoms with E-state index in [4.69, 9.17) is 0 Å². The largest absolute Gasteiger partial charge is 0.388 e. The molecule has 0 spiro atoms. The van der Waals surface area contributed by atoms with Crippen LogP contribution in [-0.4, -0.2) is 21.0 Å². The zero-order valence-electron chi connectivity index (χ0n) is 17.8. The lowest BCUT2D eigenvalue weighted by Gasteiger charge is -2.18. The number of anilines is 1. The van der Waals surface area contributed by atoms with E-state index in [-0.39, 0.29) is 11.8 Å². The second kappa shape index (κ2) is 9.84. The van der Waals surface area contributed by atoms with Gasteiger partial charge in [-0.05, 0) is 85.9 Å². The lowest BCUT2D eigenvalue weighted by Crippen LogP contribution is -2.19. The maximum Gasteiger partial charge on any atom is 0.233 e. The Hall–Kier alpha value is -3.05. The van der Waals surface area contributed by atoms with Crippen LogP contribution in [0.1, 0.15) is 55.0 Å². The van der Waals surface area contributed by atoms with Gasteiger partial charge >= 0.3 is 0 Å². The Morgan fingerprint density at radius 2 is 1.94 bits per heavy atom. The minimum Gasteiger partial charge on any atom is -0.388 e. The number of nitrogens with zero attached hydrogens (tertiary/aromatic N) is 2. The number of aromatic nitrogens is 2. The highest BCUT2D eigenvalue weighted by atomic mass is 16.3. The fourth-order valence-corrected chi connectivity index (χ4v) is 4.48. The van der Waals surface area contributed by atoms with E-state index in [1.54, 1.807) is 18.6 Å². The molecule has 1 aromatic carbocycles. The third-order valence-electron chi connectivity index (χ3n) is 6.32. The van der Waals surface area contributed by atoms with E-state index in [1.807, 2.05) is 49.4 Å². The van der Waals surface area contributed by atoms with Gasteiger partial charge in [-0.1, -0.05) is 24.3 Å². The molecule has 1 aliphatic rings. The van der Waals surface area contributed by atoms with Crippen molar-refractivity contribution >= 4 is 11.6 Å². The average molecular weight is 416 g/mol. The Morgan fingerprint density at radius 1 is 1.10 bits per heavy atom. The van der Waals surface area contributed by atoms with Crippen LogP contribution in [0, 0.1) is 11.8 Å². The van der Waals surface area contributed by atoms with Crippen LogP contribution < -0.4 is 5.32 Å². The van der Waals surface area contributed by atoms with Gasteiger partial charge in [0, 0.05) is 24.3 Å². The first-order valence-corrected chi connectivity index (χ1v) is 11.0. The normalized spacial score (nSPS) is 20.2. The number of aliphatic hydroxyl groups excluding tert-OH is 1. The standard InChI is InChI=1S/C26H29N3O2/c1-18(24-6-2-3-14-28-24)26(31)29-23-11-8-19(9-12-23)15-20-7-10-21(16-20)25(30)22-5-4-13-27-17-22/h2-6,8-9,11-14,17-18,20-21,25,30H,7,10,15-16H2,1H3,(H,29,31)/t18-,20-,21-,25-/m0/s1. The van der Waals surface area contributed by atoms with Gasteiger partial charge < -0.3 is 10.4 Å². The predicted octanol–water partition coefficient (Wildman–Crippen LogP) is 4.91. The Balaban J connectivity index is 1.29. The molecule has 2 heterocycles. The van der Waals surface area contributed by atoms with Gasteiger partial charge in [-0.15, -0.1) is 0 Å². The van der Waals surface area contributed by atoms with Crippen LogP contribution in [0.25, 0.3) is 0 Å². The molecule has 2 N–H and O–H groups in total. The molecule has 0 saturated heterocycles. The minimum atomic E-state index is -0.433. The molecule has 1 amide bonds. The van der Waals surface area contributed by atoms with E-state index < -0.39 is 6.10 Å². The highest BCUT2D eigenvalue weighted by Crippen LogP contribution is 2.40. The number of nitrogens with one attached hydrogen (secondary N) is 1. The molecule has 5 nitrogen and oxygen atoms in total. The first kappa shape index (κ1) is 21.2. The molecule has 4 rings (SSSR count). The summed E-state index contributed by atoms with van der Waals surface area (Å²) in [6.45, 7) is 1.86. The second-order valence-corrected chi connectivity index (χ2v) is 8.54. The van der Waals surface area contributed by atoms with Crippen LogP contribution in [0.3, 0.4) is 0 Å². The van der Waals surface area contributed by atoms with Crippen molar-refractivity contribution in [1.82, 2.24) is 9.97 Å². The summed E-state index contributed by atoms with van der Waals surface area (Å²) in [6, 6.07) is 17.5. The summed E-state index contributed by atoms with van der Waals surface area (Å²) in [5, 5.41) is 13.7. The van der Waals surface area contributed by atoms with Crippen molar-refractivity contribution < 1.29 is 9.90 Å². The number of hydrogen-bond donors (Lipinski definition) is 2. The van der Waals surface area contributed by atoms with Crippen molar-refractivity contribution in [2.75, 3.05) is 5.32 Å². The first-order valence-electron chi connectivity index (χ1n) is 11.0. The Bertz CT molecular complexity index is 977. The number of amides is 1. The zero-order valence-corrected chi connectivity index (χ0v) is 17.8. The van der Waals surface area contributed by atoms with E-state index in [2.05, 4.69) is 27.4 Å². The molecular formula is C26H29N3O2. The van der Waals surface area contributed by atoms with E-state index in [0.29, 0.717) is 11.8 Å². The molecule has 31 heavy (non-hydrogen) atoms. The summed E-state index contributed by atoms with van der Waals surface area (Å²) < 4.78 is 0. The number of hydrogen-bond acceptors (Lipinski definition) is 4. The summed E-state index contributed by atoms with van der Waals surface area (Å²) >= 11 is 0. The van der Waals surface area contributed by atoms with Gasteiger partial charge in [-0.3, -0.25) is 14.8 Å². The average Bonchev–Trinajstić information content (AvgIpc) is 3.29. The van der Waals surface area contributed by atoms with Crippen molar-refractivity contribution in [2.45, 2.75) is 44.6 Å². The summed E-state index contributed by atoms with van der Waals surface area (Å²) in [5.41, 5.74) is 3.74. The molecule has 0 aliphatic heterocycles. The molecule has 1 fully saturated rings. The fraction of sp³-hybridized carbons (Fsp3) is 0.346. The van der Waals surface area contributed by atoms with Gasteiger partial charge in [0.2, 0.25) is 5.91 Å². The van der Waals surface area contributed by atoms with Gasteiger partial charge in [0.05, 0.1) is 17.7 Å². The maximum absolute atomic E-state index is 12.5. The van der Waals surface area contributed by atoms with Crippen LogP contribution in [0.4, 0.5) is 5.69 Å². The molecule has 1 aliphatic carbocycles. The summed E-state index contributed by atoms with van der Waals surface area (Å²) in [4.78, 5) is 20.9. The van der Waals surface area contributed by atoms with E-state index in [0.717, 1.165) is 42.6 Å². The molecule has 2 aromatic heterocycles. The number of aliphatic hydroxyl groups is 1. The summed E-state index contributed by atoms with van der Waals surface area (Å²) in [6.07, 6.45) is 8.96. The molecular weight excluding hydrogens is 386 g/mol. The van der Waals surface area contributed by atoms with Crippen molar-refractivity contribution in [3.8, 4) is 0 Å². The quantitative estimate of drug-likeness (QED) is 0.575. The van der Waals surface area contributed by atoms with Crippen LogP contribution in [0.15, 0.2) is 73.2 Å². The highest BCUT2D eigenvalue weighted by Gasteiger charge is 2.30. The molecule has 0 unspecified atom stereocenters. The monoisotopic (exact) mass is 415 g/mol. The molecule has 0 bridgehead atoms. The number of carbonyl (C=O) groups excluding carboxylic acids is 1. The summed E-state index contributed by atoms with van der Waals surface area (Å²) in [7, 11) is 0. The van der Waals surface area contributed by atoms with Crippen LogP contribution in [-0.2, 0) is 11.2 Å². The fourth-order valence-electron chi connectivity index (χ4n) is 4.48. The van der Waals surface area contributed by atoms with Gasteiger partial charge in [0.25, 0.3) is 0 Å². The third kappa shape index (κ3) is 5.36. The van der Waals surface area contributed by atoms with Gasteiger partial charge in [-0.2, -0.15) is 0 Å².